The van der Waals surface area contributed by atoms with E-state index in [-0.39, 0.29) is 11.6 Å². The summed E-state index contributed by atoms with van der Waals surface area (Å²) in [5.41, 5.74) is 0.160. The van der Waals surface area contributed by atoms with Crippen LogP contribution in [0, 0.1) is 29.6 Å². The highest BCUT2D eigenvalue weighted by atomic mass is 16.2. The van der Waals surface area contributed by atoms with Gasteiger partial charge in [0.15, 0.2) is 0 Å². The molecule has 3 unspecified atom stereocenters. The Morgan fingerprint density at radius 1 is 0.957 bits per heavy atom. The van der Waals surface area contributed by atoms with E-state index in [1.807, 2.05) is 0 Å². The molecule has 3 nitrogen and oxygen atoms in total. The molecule has 1 aliphatic heterocycles. The van der Waals surface area contributed by atoms with Gasteiger partial charge in [-0.2, -0.15) is 0 Å². The number of amides is 1. The first-order valence-corrected chi connectivity index (χ1v) is 9.98. The highest BCUT2D eigenvalue weighted by Crippen LogP contribution is 2.55. The van der Waals surface area contributed by atoms with Crippen molar-refractivity contribution in [2.75, 3.05) is 13.1 Å². The van der Waals surface area contributed by atoms with Crippen molar-refractivity contribution >= 4 is 5.91 Å². The molecular weight excluding hydrogens is 284 g/mol. The first-order chi connectivity index (χ1) is 10.9. The molecule has 0 aromatic heterocycles. The average molecular weight is 319 g/mol. The smallest absolute Gasteiger partial charge is 0.237 e. The maximum Gasteiger partial charge on any atom is 0.237 e. The zero-order valence-corrected chi connectivity index (χ0v) is 15.2. The molecule has 5 aliphatic rings. The number of carbonyl (C=O) groups excluding carboxylic acids is 1. The Morgan fingerprint density at radius 3 is 1.91 bits per heavy atom. The minimum absolute atomic E-state index is 0.0354. The summed E-state index contributed by atoms with van der Waals surface area (Å²) in [6.07, 6.45) is 9.38. The molecule has 4 bridgehead atoms. The van der Waals surface area contributed by atoms with Gasteiger partial charge in [-0.05, 0) is 81.5 Å². The van der Waals surface area contributed by atoms with Crippen LogP contribution in [0.25, 0.3) is 0 Å². The quantitative estimate of drug-likeness (QED) is 0.864. The van der Waals surface area contributed by atoms with Crippen LogP contribution in [0.2, 0.25) is 0 Å². The van der Waals surface area contributed by atoms with Crippen molar-refractivity contribution in [3.05, 3.63) is 0 Å². The van der Waals surface area contributed by atoms with Crippen LogP contribution in [0.1, 0.15) is 65.7 Å². The lowest BCUT2D eigenvalue weighted by Gasteiger charge is -2.57. The van der Waals surface area contributed by atoms with Gasteiger partial charge in [-0.1, -0.05) is 13.8 Å². The summed E-state index contributed by atoms with van der Waals surface area (Å²) in [6, 6.07) is 0.0354. The number of hydrogen-bond donors (Lipinski definition) is 1. The van der Waals surface area contributed by atoms with Gasteiger partial charge in [-0.3, -0.25) is 9.69 Å². The van der Waals surface area contributed by atoms with Gasteiger partial charge in [-0.25, -0.2) is 0 Å². The van der Waals surface area contributed by atoms with Crippen LogP contribution >= 0.6 is 0 Å². The summed E-state index contributed by atoms with van der Waals surface area (Å²) < 4.78 is 0. The van der Waals surface area contributed by atoms with E-state index >= 15 is 0 Å². The number of hydrogen-bond acceptors (Lipinski definition) is 2. The Balaban J connectivity index is 1.41. The zero-order chi connectivity index (χ0) is 16.2. The van der Waals surface area contributed by atoms with Crippen LogP contribution in [0.5, 0.6) is 0 Å². The first kappa shape index (κ1) is 15.9. The number of piperidine rings is 1. The molecule has 0 aromatic rings. The number of carbonyl (C=O) groups is 1. The SMILES string of the molecule is CC1CC(C)CN(C(C)C(=O)NC23CC4CC(CC(C4)C2)C3)C1. The van der Waals surface area contributed by atoms with Gasteiger partial charge in [0.2, 0.25) is 5.91 Å². The second-order valence-corrected chi connectivity index (χ2v) is 9.76. The van der Waals surface area contributed by atoms with E-state index in [9.17, 15) is 4.79 Å². The van der Waals surface area contributed by atoms with Gasteiger partial charge in [0.1, 0.15) is 0 Å². The monoisotopic (exact) mass is 318 g/mol. The van der Waals surface area contributed by atoms with E-state index < -0.39 is 0 Å². The lowest BCUT2D eigenvalue weighted by atomic mass is 9.53. The van der Waals surface area contributed by atoms with Gasteiger partial charge in [0, 0.05) is 18.6 Å². The van der Waals surface area contributed by atoms with Crippen molar-refractivity contribution in [1.82, 2.24) is 10.2 Å². The topological polar surface area (TPSA) is 32.3 Å². The molecule has 1 heterocycles. The molecule has 3 heteroatoms. The van der Waals surface area contributed by atoms with Crippen LogP contribution < -0.4 is 5.32 Å². The molecule has 130 valence electrons. The first-order valence-electron chi connectivity index (χ1n) is 9.98. The van der Waals surface area contributed by atoms with Crippen molar-refractivity contribution in [2.24, 2.45) is 29.6 Å². The van der Waals surface area contributed by atoms with E-state index in [0.29, 0.717) is 17.7 Å². The molecule has 3 atom stereocenters. The second-order valence-electron chi connectivity index (χ2n) is 9.76. The van der Waals surface area contributed by atoms with Crippen molar-refractivity contribution in [3.8, 4) is 0 Å². The largest absolute Gasteiger partial charge is 0.349 e. The summed E-state index contributed by atoms with van der Waals surface area (Å²) in [7, 11) is 0. The van der Waals surface area contributed by atoms with Gasteiger partial charge in [0.25, 0.3) is 0 Å². The molecule has 1 N–H and O–H groups in total. The van der Waals surface area contributed by atoms with E-state index in [4.69, 9.17) is 0 Å². The number of rotatable bonds is 3. The molecule has 1 saturated heterocycles. The molecule has 1 amide bonds. The molecule has 0 radical (unpaired) electrons. The van der Waals surface area contributed by atoms with Crippen molar-refractivity contribution in [3.63, 3.8) is 0 Å². The number of likely N-dealkylation sites (tertiary alicyclic amines) is 1. The minimum Gasteiger partial charge on any atom is -0.349 e. The van der Waals surface area contributed by atoms with Crippen molar-refractivity contribution in [2.45, 2.75) is 77.3 Å². The van der Waals surface area contributed by atoms with Gasteiger partial charge in [-0.15, -0.1) is 0 Å². The van der Waals surface area contributed by atoms with Gasteiger partial charge >= 0.3 is 0 Å². The fraction of sp³-hybridized carbons (Fsp3) is 0.950. The standard InChI is InChI=1S/C20H34N2O/c1-13-4-14(2)12-22(11-13)15(3)19(23)21-20-8-16-5-17(9-20)7-18(6-16)10-20/h13-18H,4-12H2,1-3H3,(H,21,23). The lowest BCUT2D eigenvalue weighted by Crippen LogP contribution is -2.62. The maximum atomic E-state index is 13.0. The summed E-state index contributed by atoms with van der Waals surface area (Å²) >= 11 is 0. The Labute approximate surface area is 141 Å². The fourth-order valence-corrected chi connectivity index (χ4v) is 6.82. The predicted molar refractivity (Wildman–Crippen MR) is 93.0 cm³/mol. The van der Waals surface area contributed by atoms with Crippen LogP contribution in [0.3, 0.4) is 0 Å². The highest BCUT2D eigenvalue weighted by Gasteiger charge is 2.51. The maximum absolute atomic E-state index is 13.0. The Kier molecular flexibility index (Phi) is 3.98. The Morgan fingerprint density at radius 2 is 1.43 bits per heavy atom. The normalized spacial score (nSPS) is 47.5. The van der Waals surface area contributed by atoms with E-state index in [1.165, 1.54) is 44.9 Å². The van der Waals surface area contributed by atoms with E-state index in [0.717, 1.165) is 30.8 Å². The zero-order valence-electron chi connectivity index (χ0n) is 15.2. The Hall–Kier alpha value is -0.570. The van der Waals surface area contributed by atoms with Crippen LogP contribution in [-0.2, 0) is 4.79 Å². The molecule has 5 fully saturated rings. The molecule has 0 aromatic carbocycles. The summed E-state index contributed by atoms with van der Waals surface area (Å²) in [5.74, 6) is 4.42. The third-order valence-corrected chi connectivity index (χ3v) is 7.25. The van der Waals surface area contributed by atoms with Crippen LogP contribution in [0.4, 0.5) is 0 Å². The predicted octanol–water partition coefficient (Wildman–Crippen LogP) is 3.44. The molecule has 0 spiro atoms. The van der Waals surface area contributed by atoms with E-state index in [2.05, 4.69) is 31.0 Å². The van der Waals surface area contributed by atoms with Crippen LogP contribution in [0.15, 0.2) is 0 Å². The summed E-state index contributed by atoms with van der Waals surface area (Å²) in [4.78, 5) is 15.4. The second kappa shape index (κ2) is 5.75. The lowest BCUT2D eigenvalue weighted by molar-refractivity contribution is -0.132. The molecule has 4 saturated carbocycles. The highest BCUT2D eigenvalue weighted by molar-refractivity contribution is 5.82. The molecule has 5 rings (SSSR count). The summed E-state index contributed by atoms with van der Waals surface area (Å²) in [5, 5.41) is 3.57. The van der Waals surface area contributed by atoms with Crippen molar-refractivity contribution < 1.29 is 4.79 Å². The van der Waals surface area contributed by atoms with Crippen molar-refractivity contribution in [1.29, 1.82) is 0 Å². The van der Waals surface area contributed by atoms with E-state index in [1.54, 1.807) is 0 Å². The summed E-state index contributed by atoms with van der Waals surface area (Å²) in [6.45, 7) is 8.94. The molecule has 4 aliphatic carbocycles. The fourth-order valence-electron chi connectivity index (χ4n) is 6.82. The minimum atomic E-state index is 0.0354. The molecular formula is C20H34N2O. The van der Waals surface area contributed by atoms with Gasteiger partial charge < -0.3 is 5.32 Å². The third kappa shape index (κ3) is 3.06. The van der Waals surface area contributed by atoms with Gasteiger partial charge in [0.05, 0.1) is 6.04 Å². The Bertz CT molecular complexity index is 429. The number of nitrogens with one attached hydrogen (secondary N) is 1. The average Bonchev–Trinajstić information content (AvgIpc) is 2.43. The molecule has 23 heavy (non-hydrogen) atoms. The number of nitrogens with zero attached hydrogens (tertiary/aromatic N) is 1. The van der Waals surface area contributed by atoms with Crippen LogP contribution in [-0.4, -0.2) is 35.5 Å². The third-order valence-electron chi connectivity index (χ3n) is 7.25.